The lowest BCUT2D eigenvalue weighted by atomic mass is 9.96. The first kappa shape index (κ1) is 22.3. The molecule has 4 rings (SSSR count). The highest BCUT2D eigenvalue weighted by atomic mass is 19.1. The number of carbonyl (C=O) groups excluding carboxylic acids is 2. The molecule has 2 aliphatic heterocycles. The van der Waals surface area contributed by atoms with E-state index in [1.165, 1.54) is 17.9 Å². The fourth-order valence-corrected chi connectivity index (χ4v) is 4.11. The molecule has 8 nitrogen and oxygen atoms in total. The molecule has 33 heavy (non-hydrogen) atoms. The molecule has 1 N–H and O–H groups in total. The average molecular weight is 449 g/mol. The van der Waals surface area contributed by atoms with E-state index in [0.29, 0.717) is 48.6 Å². The lowest BCUT2D eigenvalue weighted by Crippen LogP contribution is -2.33. The van der Waals surface area contributed by atoms with Crippen molar-refractivity contribution in [2.24, 2.45) is 0 Å². The van der Waals surface area contributed by atoms with Crippen molar-refractivity contribution < 1.29 is 18.7 Å². The third-order valence-corrected chi connectivity index (χ3v) is 5.79. The molecule has 0 unspecified atom stereocenters. The topological polar surface area (TPSA) is 98.6 Å². The van der Waals surface area contributed by atoms with Gasteiger partial charge in [-0.25, -0.2) is 9.18 Å². The predicted octanol–water partition coefficient (Wildman–Crippen LogP) is 3.26. The van der Waals surface area contributed by atoms with Gasteiger partial charge in [-0.15, -0.1) is 0 Å². The summed E-state index contributed by atoms with van der Waals surface area (Å²) in [4.78, 5) is 30.9. The van der Waals surface area contributed by atoms with Gasteiger partial charge in [0.25, 0.3) is 0 Å². The molecule has 0 bridgehead atoms. The van der Waals surface area contributed by atoms with E-state index in [4.69, 9.17) is 4.74 Å². The first-order valence-corrected chi connectivity index (χ1v) is 10.8. The van der Waals surface area contributed by atoms with Crippen molar-refractivity contribution in [2.45, 2.75) is 25.9 Å². The van der Waals surface area contributed by atoms with Crippen LogP contribution in [0.2, 0.25) is 0 Å². The summed E-state index contributed by atoms with van der Waals surface area (Å²) in [6, 6.07) is 12.4. The van der Waals surface area contributed by atoms with Crippen LogP contribution in [0, 0.1) is 17.1 Å². The van der Waals surface area contributed by atoms with E-state index >= 15 is 4.39 Å². The fraction of sp³-hybridized carbons (Fsp3) is 0.333. The number of nitrogens with zero attached hydrogens (tertiary/aromatic N) is 4. The number of amides is 2. The zero-order valence-electron chi connectivity index (χ0n) is 18.3. The number of hydrogen-bond acceptors (Lipinski definition) is 6. The summed E-state index contributed by atoms with van der Waals surface area (Å²) in [6.45, 7) is 3.00. The number of anilines is 2. The van der Waals surface area contributed by atoms with Gasteiger partial charge in [0.05, 0.1) is 35.7 Å². The number of aromatic nitrogens is 1. The van der Waals surface area contributed by atoms with Gasteiger partial charge in [0.15, 0.2) is 0 Å². The van der Waals surface area contributed by atoms with E-state index in [-0.39, 0.29) is 19.0 Å². The first-order valence-electron chi connectivity index (χ1n) is 10.8. The maximum absolute atomic E-state index is 15.0. The van der Waals surface area contributed by atoms with E-state index in [0.717, 1.165) is 5.57 Å². The Morgan fingerprint density at radius 3 is 2.73 bits per heavy atom. The van der Waals surface area contributed by atoms with Crippen LogP contribution in [0.1, 0.15) is 25.5 Å². The molecule has 2 aromatic rings. The minimum Gasteiger partial charge on any atom is -0.442 e. The van der Waals surface area contributed by atoms with Crippen LogP contribution < -0.4 is 15.1 Å². The van der Waals surface area contributed by atoms with Gasteiger partial charge in [-0.05, 0) is 48.7 Å². The van der Waals surface area contributed by atoms with Gasteiger partial charge in [0.1, 0.15) is 18.0 Å². The Hall–Kier alpha value is -3.93. The van der Waals surface area contributed by atoms with Gasteiger partial charge >= 0.3 is 6.09 Å². The van der Waals surface area contributed by atoms with Crippen LogP contribution in [0.3, 0.4) is 0 Å². The summed E-state index contributed by atoms with van der Waals surface area (Å²) < 4.78 is 20.3. The summed E-state index contributed by atoms with van der Waals surface area (Å²) in [5.74, 6) is -0.635. The van der Waals surface area contributed by atoms with Crippen molar-refractivity contribution in [1.82, 2.24) is 10.3 Å². The van der Waals surface area contributed by atoms with Crippen molar-refractivity contribution in [3.05, 3.63) is 59.7 Å². The third-order valence-electron chi connectivity index (χ3n) is 5.79. The number of cyclic esters (lactones) is 1. The normalized spacial score (nSPS) is 18.0. The molecule has 1 aromatic heterocycles. The Balaban J connectivity index is 1.43. The molecule has 0 spiro atoms. The number of pyridine rings is 1. The van der Waals surface area contributed by atoms with Crippen molar-refractivity contribution in [2.75, 3.05) is 36.0 Å². The second-order valence-electron chi connectivity index (χ2n) is 7.98. The van der Waals surface area contributed by atoms with Gasteiger partial charge in [0.2, 0.25) is 5.91 Å². The summed E-state index contributed by atoms with van der Waals surface area (Å²) in [5.41, 5.74) is 3.14. The van der Waals surface area contributed by atoms with Crippen LogP contribution in [0.25, 0.3) is 5.57 Å². The Labute approximate surface area is 191 Å². The van der Waals surface area contributed by atoms with Gasteiger partial charge in [-0.1, -0.05) is 6.07 Å². The highest BCUT2D eigenvalue weighted by Crippen LogP contribution is 2.32. The molecule has 0 aliphatic carbocycles. The standard InChI is InChI=1S/C24H24FN5O3/c1-16(31)28-14-19-15-30(24(32)33-19)18-5-6-23(21(25)12-18)29-10-7-17(8-11-29)20(13-26)22-4-2-3-9-27-22/h2-6,9,12,19H,7-8,10-11,14-15H2,1H3,(H,28,31)/t19-/m0/s1. The van der Waals surface area contributed by atoms with Crippen molar-refractivity contribution in [1.29, 1.82) is 5.26 Å². The first-order chi connectivity index (χ1) is 16.0. The van der Waals surface area contributed by atoms with E-state index in [9.17, 15) is 14.9 Å². The minimum absolute atomic E-state index is 0.207. The van der Waals surface area contributed by atoms with Gasteiger partial charge < -0.3 is 15.0 Å². The zero-order chi connectivity index (χ0) is 23.4. The zero-order valence-corrected chi connectivity index (χ0v) is 18.3. The van der Waals surface area contributed by atoms with E-state index in [1.54, 1.807) is 18.3 Å². The van der Waals surface area contributed by atoms with Crippen LogP contribution in [0.4, 0.5) is 20.6 Å². The molecule has 2 amide bonds. The number of piperidine rings is 1. The average Bonchev–Trinajstić information content (AvgIpc) is 3.20. The molecule has 3 heterocycles. The monoisotopic (exact) mass is 449 g/mol. The smallest absolute Gasteiger partial charge is 0.414 e. The molecular weight excluding hydrogens is 425 g/mol. The molecule has 170 valence electrons. The number of halogens is 1. The Morgan fingerprint density at radius 2 is 2.09 bits per heavy atom. The maximum Gasteiger partial charge on any atom is 0.414 e. The Bertz CT molecular complexity index is 1120. The van der Waals surface area contributed by atoms with Gasteiger partial charge in [-0.2, -0.15) is 5.26 Å². The highest BCUT2D eigenvalue weighted by molar-refractivity contribution is 5.90. The quantitative estimate of drug-likeness (QED) is 0.704. The number of rotatable bonds is 5. The van der Waals surface area contributed by atoms with Crippen LogP contribution in [-0.2, 0) is 9.53 Å². The number of carbonyl (C=O) groups is 2. The largest absolute Gasteiger partial charge is 0.442 e. The van der Waals surface area contributed by atoms with Gasteiger partial charge in [0, 0.05) is 26.2 Å². The van der Waals surface area contributed by atoms with Crippen LogP contribution in [0.5, 0.6) is 0 Å². The number of allylic oxidation sites excluding steroid dienone is 1. The summed E-state index contributed by atoms with van der Waals surface area (Å²) in [5, 5.41) is 12.2. The number of nitriles is 1. The van der Waals surface area contributed by atoms with Crippen molar-refractivity contribution in [3.8, 4) is 6.07 Å². The van der Waals surface area contributed by atoms with Crippen molar-refractivity contribution >= 4 is 28.9 Å². The maximum atomic E-state index is 15.0. The third kappa shape index (κ3) is 4.95. The minimum atomic E-state index is -0.566. The Morgan fingerprint density at radius 1 is 1.30 bits per heavy atom. The van der Waals surface area contributed by atoms with E-state index < -0.39 is 18.0 Å². The second-order valence-corrected chi connectivity index (χ2v) is 7.98. The van der Waals surface area contributed by atoms with Crippen molar-refractivity contribution in [3.63, 3.8) is 0 Å². The fourth-order valence-electron chi connectivity index (χ4n) is 4.11. The molecule has 2 saturated heterocycles. The second kappa shape index (κ2) is 9.69. The highest BCUT2D eigenvalue weighted by Gasteiger charge is 2.33. The lowest BCUT2D eigenvalue weighted by Gasteiger charge is -2.31. The molecule has 0 radical (unpaired) electrons. The molecule has 9 heteroatoms. The Kier molecular flexibility index (Phi) is 6.54. The van der Waals surface area contributed by atoms with Crippen LogP contribution in [0.15, 0.2) is 48.2 Å². The molecule has 0 saturated carbocycles. The van der Waals surface area contributed by atoms with Crippen LogP contribution in [-0.4, -0.2) is 49.3 Å². The summed E-state index contributed by atoms with van der Waals surface area (Å²) in [7, 11) is 0. The van der Waals surface area contributed by atoms with Crippen LogP contribution >= 0.6 is 0 Å². The number of hydrogen-bond donors (Lipinski definition) is 1. The number of ether oxygens (including phenoxy) is 1. The van der Waals surface area contributed by atoms with Gasteiger partial charge in [-0.3, -0.25) is 14.7 Å². The number of nitrogens with one attached hydrogen (secondary N) is 1. The summed E-state index contributed by atoms with van der Waals surface area (Å²) >= 11 is 0. The van der Waals surface area contributed by atoms with E-state index in [2.05, 4.69) is 16.4 Å². The molecule has 1 aromatic carbocycles. The predicted molar refractivity (Wildman–Crippen MR) is 121 cm³/mol. The number of benzene rings is 1. The molecule has 2 fully saturated rings. The van der Waals surface area contributed by atoms with E-state index in [1.807, 2.05) is 23.1 Å². The molecule has 1 atom stereocenters. The summed E-state index contributed by atoms with van der Waals surface area (Å²) in [6.07, 6.45) is 1.90. The lowest BCUT2D eigenvalue weighted by molar-refractivity contribution is -0.119. The molecular formula is C24H24FN5O3. The molecule has 2 aliphatic rings. The SMILES string of the molecule is CC(=O)NC[C@H]1CN(c2ccc(N3CCC(=C(C#N)c4ccccn4)CC3)c(F)c2)C(=O)O1.